The first-order chi connectivity index (χ1) is 10.9. The van der Waals surface area contributed by atoms with Gasteiger partial charge in [0, 0.05) is 12.0 Å². The first-order valence-electron chi connectivity index (χ1n) is 6.90. The average molecular weight is 310 g/mol. The molecule has 0 bridgehead atoms. The van der Waals surface area contributed by atoms with E-state index in [1.807, 2.05) is 60.7 Å². The minimum absolute atomic E-state index is 0.330. The highest BCUT2D eigenvalue weighted by Crippen LogP contribution is 2.30. The molecule has 1 heterocycles. The molecule has 110 valence electrons. The second-order valence-corrected chi connectivity index (χ2v) is 5.49. The molecule has 5 heteroatoms. The fraction of sp³-hybridized carbons (Fsp3) is 0.118. The van der Waals surface area contributed by atoms with Crippen LogP contribution in [0.2, 0.25) is 0 Å². The van der Waals surface area contributed by atoms with Gasteiger partial charge in [-0.2, -0.15) is 0 Å². The minimum Gasteiger partial charge on any atom is -0.459 e. The molecule has 2 aromatic carbocycles. The van der Waals surface area contributed by atoms with E-state index in [0.29, 0.717) is 12.9 Å². The highest BCUT2D eigenvalue weighted by Gasteiger charge is 2.16. The maximum atomic E-state index is 10.8. The number of carbonyl (C=O) groups excluding carboxylic acids is 1. The van der Waals surface area contributed by atoms with Crippen molar-refractivity contribution >= 4 is 34.3 Å². The van der Waals surface area contributed by atoms with E-state index in [4.69, 9.17) is 4.74 Å². The molecule has 4 nitrogen and oxygen atoms in total. The van der Waals surface area contributed by atoms with Gasteiger partial charge in [-0.15, -0.1) is 5.10 Å². The van der Waals surface area contributed by atoms with E-state index >= 15 is 0 Å². The van der Waals surface area contributed by atoms with E-state index in [1.165, 1.54) is 11.5 Å². The fourth-order valence-electron chi connectivity index (χ4n) is 2.29. The summed E-state index contributed by atoms with van der Waals surface area (Å²) in [5, 5.41) is 4.06. The molecule has 1 atom stereocenters. The van der Waals surface area contributed by atoms with Gasteiger partial charge in [-0.25, -0.2) is 0 Å². The van der Waals surface area contributed by atoms with Crippen molar-refractivity contribution in [1.29, 1.82) is 0 Å². The zero-order valence-electron chi connectivity index (χ0n) is 11.8. The molecule has 3 rings (SSSR count). The Kier molecular flexibility index (Phi) is 4.56. The monoisotopic (exact) mass is 310 g/mol. The largest absolute Gasteiger partial charge is 0.459 e. The first kappa shape index (κ1) is 14.4. The summed E-state index contributed by atoms with van der Waals surface area (Å²) in [5.74, 6) is 0. The third kappa shape index (κ3) is 3.20. The van der Waals surface area contributed by atoms with Crippen LogP contribution in [-0.4, -0.2) is 16.1 Å². The molecular weight excluding hydrogens is 296 g/mol. The lowest BCUT2D eigenvalue weighted by Crippen LogP contribution is -2.02. The summed E-state index contributed by atoms with van der Waals surface area (Å²) < 4.78 is 10.2. The van der Waals surface area contributed by atoms with Gasteiger partial charge < -0.3 is 4.74 Å². The highest BCUT2D eigenvalue weighted by molar-refractivity contribution is 7.13. The van der Waals surface area contributed by atoms with Gasteiger partial charge in [-0.1, -0.05) is 59.1 Å². The summed E-state index contributed by atoms with van der Waals surface area (Å²) in [6.45, 7) is 0.494. The van der Waals surface area contributed by atoms with Crippen LogP contribution >= 0.6 is 11.5 Å². The van der Waals surface area contributed by atoms with E-state index in [2.05, 4.69) is 9.59 Å². The quantitative estimate of drug-likeness (QED) is 0.646. The van der Waals surface area contributed by atoms with Crippen LogP contribution < -0.4 is 0 Å². The Bertz CT molecular complexity index is 783. The SMILES string of the molecule is O=COC(CC=Cc1ccccc1)c1cccc2nnsc12. The molecule has 0 radical (unpaired) electrons. The van der Waals surface area contributed by atoms with E-state index in [-0.39, 0.29) is 6.10 Å². The molecule has 0 amide bonds. The van der Waals surface area contributed by atoms with Gasteiger partial charge in [0.2, 0.25) is 0 Å². The summed E-state index contributed by atoms with van der Waals surface area (Å²) in [5.41, 5.74) is 2.89. The van der Waals surface area contributed by atoms with E-state index in [9.17, 15) is 4.79 Å². The zero-order chi connectivity index (χ0) is 15.2. The number of carbonyl (C=O) groups is 1. The predicted octanol–water partition coefficient (Wildman–Crippen LogP) is 4.01. The summed E-state index contributed by atoms with van der Waals surface area (Å²) in [4.78, 5) is 10.8. The first-order valence-corrected chi connectivity index (χ1v) is 7.67. The summed E-state index contributed by atoms with van der Waals surface area (Å²) in [6, 6.07) is 15.8. The van der Waals surface area contributed by atoms with Gasteiger partial charge in [0.05, 0.1) is 4.70 Å². The summed E-state index contributed by atoms with van der Waals surface area (Å²) in [7, 11) is 0. The van der Waals surface area contributed by atoms with E-state index < -0.39 is 0 Å². The van der Waals surface area contributed by atoms with Crippen molar-refractivity contribution in [1.82, 2.24) is 9.59 Å². The van der Waals surface area contributed by atoms with Crippen molar-refractivity contribution in [3.8, 4) is 0 Å². The fourth-order valence-corrected chi connectivity index (χ4v) is 3.01. The second kappa shape index (κ2) is 6.95. The standard InChI is InChI=1S/C17H14N2O2S/c20-12-21-16(11-4-8-13-6-2-1-3-7-13)14-9-5-10-15-17(14)22-19-18-15/h1-10,12,16H,11H2. The molecule has 0 saturated heterocycles. The van der Waals surface area contributed by atoms with Crippen molar-refractivity contribution in [2.75, 3.05) is 0 Å². The van der Waals surface area contributed by atoms with Crippen LogP contribution in [0, 0.1) is 0 Å². The Labute approximate surface area is 132 Å². The lowest BCUT2D eigenvalue weighted by atomic mass is 10.0. The molecule has 0 aliphatic carbocycles. The van der Waals surface area contributed by atoms with Crippen LogP contribution in [0.1, 0.15) is 23.7 Å². The molecule has 0 aliphatic heterocycles. The molecule has 1 aromatic heterocycles. The number of ether oxygens (including phenoxy) is 1. The Morgan fingerprint density at radius 1 is 1.14 bits per heavy atom. The third-order valence-corrected chi connectivity index (χ3v) is 4.12. The van der Waals surface area contributed by atoms with Crippen molar-refractivity contribution < 1.29 is 9.53 Å². The zero-order valence-corrected chi connectivity index (χ0v) is 12.6. The van der Waals surface area contributed by atoms with Crippen LogP contribution in [0.3, 0.4) is 0 Å². The van der Waals surface area contributed by atoms with Gasteiger partial charge in [0.25, 0.3) is 6.47 Å². The molecule has 1 unspecified atom stereocenters. The molecule has 22 heavy (non-hydrogen) atoms. The summed E-state index contributed by atoms with van der Waals surface area (Å²) >= 11 is 1.32. The lowest BCUT2D eigenvalue weighted by Gasteiger charge is -2.13. The number of benzene rings is 2. The van der Waals surface area contributed by atoms with Crippen molar-refractivity contribution in [2.24, 2.45) is 0 Å². The van der Waals surface area contributed by atoms with E-state index in [0.717, 1.165) is 21.3 Å². The number of aromatic nitrogens is 2. The Balaban J connectivity index is 1.82. The maximum Gasteiger partial charge on any atom is 0.293 e. The van der Waals surface area contributed by atoms with Crippen molar-refractivity contribution in [3.63, 3.8) is 0 Å². The van der Waals surface area contributed by atoms with Gasteiger partial charge in [0.1, 0.15) is 11.6 Å². The molecule has 0 saturated carbocycles. The topological polar surface area (TPSA) is 52.1 Å². The number of hydrogen-bond donors (Lipinski definition) is 0. The number of rotatable bonds is 6. The molecule has 0 N–H and O–H groups in total. The molecule has 0 aliphatic rings. The smallest absolute Gasteiger partial charge is 0.293 e. The Hall–Kier alpha value is -2.53. The van der Waals surface area contributed by atoms with Crippen LogP contribution in [0.5, 0.6) is 0 Å². The van der Waals surface area contributed by atoms with Crippen molar-refractivity contribution in [3.05, 3.63) is 65.7 Å². The van der Waals surface area contributed by atoms with Crippen LogP contribution in [0.15, 0.2) is 54.6 Å². The maximum absolute atomic E-state index is 10.8. The average Bonchev–Trinajstić information content (AvgIpc) is 3.04. The van der Waals surface area contributed by atoms with Crippen LogP contribution in [0.25, 0.3) is 16.3 Å². The summed E-state index contributed by atoms with van der Waals surface area (Å²) in [6.07, 6.45) is 4.30. The molecule has 0 fully saturated rings. The second-order valence-electron chi connectivity index (χ2n) is 4.74. The predicted molar refractivity (Wildman–Crippen MR) is 87.4 cm³/mol. The number of hydrogen-bond acceptors (Lipinski definition) is 5. The number of fused-ring (bicyclic) bond motifs is 1. The minimum atomic E-state index is -0.330. The highest BCUT2D eigenvalue weighted by atomic mass is 32.1. The van der Waals surface area contributed by atoms with E-state index in [1.54, 1.807) is 0 Å². The van der Waals surface area contributed by atoms with Crippen molar-refractivity contribution in [2.45, 2.75) is 12.5 Å². The molecule has 0 spiro atoms. The lowest BCUT2D eigenvalue weighted by molar-refractivity contribution is -0.133. The van der Waals surface area contributed by atoms with Crippen LogP contribution in [0.4, 0.5) is 0 Å². The Morgan fingerprint density at radius 2 is 2.00 bits per heavy atom. The van der Waals surface area contributed by atoms with Gasteiger partial charge in [-0.05, 0) is 23.2 Å². The Morgan fingerprint density at radius 3 is 2.82 bits per heavy atom. The number of nitrogens with zero attached hydrogens (tertiary/aromatic N) is 2. The third-order valence-electron chi connectivity index (χ3n) is 3.33. The van der Waals surface area contributed by atoms with Gasteiger partial charge in [0.15, 0.2) is 0 Å². The molecule has 3 aromatic rings. The molecular formula is C17H14N2O2S. The normalized spacial score (nSPS) is 12.5. The van der Waals surface area contributed by atoms with Gasteiger partial charge >= 0.3 is 0 Å². The van der Waals surface area contributed by atoms with Crippen LogP contribution in [-0.2, 0) is 9.53 Å². The van der Waals surface area contributed by atoms with Gasteiger partial charge in [-0.3, -0.25) is 4.79 Å².